The van der Waals surface area contributed by atoms with Crippen molar-refractivity contribution in [1.29, 1.82) is 0 Å². The van der Waals surface area contributed by atoms with Crippen LogP contribution in [0.2, 0.25) is 0 Å². The van der Waals surface area contributed by atoms with E-state index in [-0.39, 0.29) is 11.9 Å². The van der Waals surface area contributed by atoms with Crippen LogP contribution in [0.3, 0.4) is 0 Å². The lowest BCUT2D eigenvalue weighted by Gasteiger charge is -2.08. The summed E-state index contributed by atoms with van der Waals surface area (Å²) in [5.41, 5.74) is 2.47. The molecule has 0 aliphatic rings. The highest BCUT2D eigenvalue weighted by Crippen LogP contribution is 2.26. The third kappa shape index (κ3) is 5.25. The summed E-state index contributed by atoms with van der Waals surface area (Å²) in [7, 11) is 1.64. The second-order valence-electron chi connectivity index (χ2n) is 7.54. The first-order valence-electron chi connectivity index (χ1n) is 10.9. The summed E-state index contributed by atoms with van der Waals surface area (Å²) >= 11 is 1.39. The summed E-state index contributed by atoms with van der Waals surface area (Å²) < 4.78 is 18.3. The predicted octanol–water partition coefficient (Wildman–Crippen LogP) is 5.47. The molecule has 0 atom stereocenters. The molecule has 3 heterocycles. The van der Waals surface area contributed by atoms with Gasteiger partial charge in [0, 0.05) is 12.1 Å². The molecule has 9 heteroatoms. The number of furan rings is 1. The van der Waals surface area contributed by atoms with Crippen LogP contribution in [0.15, 0.2) is 88.9 Å². The number of amides is 1. The molecule has 35 heavy (non-hydrogen) atoms. The van der Waals surface area contributed by atoms with Crippen LogP contribution in [0.4, 0.5) is 5.69 Å². The predicted molar refractivity (Wildman–Crippen MR) is 134 cm³/mol. The summed E-state index contributed by atoms with van der Waals surface area (Å²) in [6, 6.07) is 22.7. The van der Waals surface area contributed by atoms with Crippen molar-refractivity contribution in [3.8, 4) is 29.0 Å². The van der Waals surface area contributed by atoms with Crippen molar-refractivity contribution in [1.82, 2.24) is 14.8 Å². The number of benzene rings is 2. The highest BCUT2D eigenvalue weighted by atomic mass is 32.1. The van der Waals surface area contributed by atoms with Crippen LogP contribution in [0.25, 0.3) is 17.3 Å². The van der Waals surface area contributed by atoms with Crippen LogP contribution in [-0.4, -0.2) is 34.4 Å². The molecule has 8 nitrogen and oxygen atoms in total. The molecule has 5 rings (SSSR count). The molecule has 1 N–H and O–H groups in total. The maximum atomic E-state index is 12.5. The number of hydrogen-bond donors (Lipinski definition) is 1. The minimum Gasteiger partial charge on any atom is -0.497 e. The first-order valence-corrected chi connectivity index (χ1v) is 11.8. The molecule has 0 unspecified atom stereocenters. The first kappa shape index (κ1) is 22.4. The molecular formula is C26H22N4O4S. The molecule has 0 bridgehead atoms. The quantitative estimate of drug-likeness (QED) is 0.297. The summed E-state index contributed by atoms with van der Waals surface area (Å²) in [6.07, 6.45) is 2.27. The van der Waals surface area contributed by atoms with E-state index in [2.05, 4.69) is 15.4 Å². The van der Waals surface area contributed by atoms with Crippen LogP contribution < -0.4 is 14.8 Å². The molecule has 176 valence electrons. The highest BCUT2D eigenvalue weighted by Gasteiger charge is 2.17. The van der Waals surface area contributed by atoms with E-state index in [1.54, 1.807) is 30.2 Å². The summed E-state index contributed by atoms with van der Waals surface area (Å²) in [6.45, 7) is 0.408. The van der Waals surface area contributed by atoms with Gasteiger partial charge in [-0.3, -0.25) is 4.79 Å². The molecule has 2 aromatic carbocycles. The molecule has 1 amide bonds. The Bertz CT molecular complexity index is 1390. The average Bonchev–Trinajstić information content (AvgIpc) is 3.67. The molecule has 0 saturated heterocycles. The summed E-state index contributed by atoms with van der Waals surface area (Å²) in [5, 5.41) is 9.35. The van der Waals surface area contributed by atoms with Crippen molar-refractivity contribution in [2.75, 3.05) is 19.0 Å². The number of ether oxygens (including phenoxy) is 2. The lowest BCUT2D eigenvalue weighted by Crippen LogP contribution is -2.10. The fraction of sp³-hybridized carbons (Fsp3) is 0.115. The van der Waals surface area contributed by atoms with Crippen LogP contribution in [0, 0.1) is 0 Å². The third-order valence-electron chi connectivity index (χ3n) is 5.20. The number of hydrogen-bond acceptors (Lipinski definition) is 7. The van der Waals surface area contributed by atoms with E-state index in [4.69, 9.17) is 13.9 Å². The van der Waals surface area contributed by atoms with E-state index in [0.717, 1.165) is 11.3 Å². The zero-order valence-corrected chi connectivity index (χ0v) is 19.7. The number of rotatable bonds is 9. The molecule has 0 aliphatic heterocycles. The standard InChI is InChI=1S/C26H22N4O4S/c1-32-21-11-9-18(10-12-21)13-15-34-26-28-24(22-7-3-14-33-22)30(29-26)20-6-2-5-19(17-20)27-25(31)23-8-4-16-35-23/h2-12,14,16-17H,13,15H2,1H3,(H,27,31). The number of carbonyl (C=O) groups excluding carboxylic acids is 1. The number of thiophene rings is 1. The van der Waals surface area contributed by atoms with Gasteiger partial charge in [0.25, 0.3) is 5.91 Å². The summed E-state index contributed by atoms with van der Waals surface area (Å²) in [5.74, 6) is 1.70. The third-order valence-corrected chi connectivity index (χ3v) is 6.07. The Hall–Kier alpha value is -4.37. The van der Waals surface area contributed by atoms with Crippen LogP contribution in [0.1, 0.15) is 15.2 Å². The molecule has 0 fully saturated rings. The number of aromatic nitrogens is 3. The van der Waals surface area contributed by atoms with Crippen LogP contribution in [0.5, 0.6) is 11.8 Å². The number of nitrogens with zero attached hydrogens (tertiary/aromatic N) is 3. The van der Waals surface area contributed by atoms with Crippen LogP contribution in [-0.2, 0) is 6.42 Å². The molecule has 0 aliphatic carbocycles. The Morgan fingerprint density at radius 3 is 2.71 bits per heavy atom. The molecule has 0 radical (unpaired) electrons. The maximum Gasteiger partial charge on any atom is 0.336 e. The Balaban J connectivity index is 1.35. The van der Waals surface area contributed by atoms with E-state index >= 15 is 0 Å². The number of methoxy groups -OCH3 is 1. The van der Waals surface area contributed by atoms with Gasteiger partial charge >= 0.3 is 6.01 Å². The number of anilines is 1. The number of nitrogens with one attached hydrogen (secondary N) is 1. The van der Waals surface area contributed by atoms with Crippen molar-refractivity contribution >= 4 is 22.9 Å². The van der Waals surface area contributed by atoms with Gasteiger partial charge in [0.15, 0.2) is 5.76 Å². The molecular weight excluding hydrogens is 464 g/mol. The van der Waals surface area contributed by atoms with Gasteiger partial charge in [-0.15, -0.1) is 16.4 Å². The topological polar surface area (TPSA) is 91.4 Å². The Morgan fingerprint density at radius 1 is 1.09 bits per heavy atom. The van der Waals surface area contributed by atoms with E-state index < -0.39 is 0 Å². The monoisotopic (exact) mass is 486 g/mol. The van der Waals surface area contributed by atoms with E-state index in [1.165, 1.54) is 11.3 Å². The van der Waals surface area contributed by atoms with Gasteiger partial charge in [-0.05, 0) is 59.5 Å². The van der Waals surface area contributed by atoms with Gasteiger partial charge in [-0.25, -0.2) is 4.68 Å². The molecule has 5 aromatic rings. The van der Waals surface area contributed by atoms with E-state index in [0.29, 0.717) is 40.9 Å². The lowest BCUT2D eigenvalue weighted by atomic mass is 10.1. The lowest BCUT2D eigenvalue weighted by molar-refractivity contribution is 0.103. The van der Waals surface area contributed by atoms with E-state index in [9.17, 15) is 4.79 Å². The average molecular weight is 487 g/mol. The van der Waals surface area contributed by atoms with Crippen molar-refractivity contribution < 1.29 is 18.7 Å². The minimum absolute atomic E-state index is 0.162. The maximum absolute atomic E-state index is 12.5. The van der Waals surface area contributed by atoms with Crippen molar-refractivity contribution in [2.24, 2.45) is 0 Å². The fourth-order valence-electron chi connectivity index (χ4n) is 3.47. The Kier molecular flexibility index (Phi) is 6.58. The fourth-order valence-corrected chi connectivity index (χ4v) is 4.09. The second kappa shape index (κ2) is 10.3. The van der Waals surface area contributed by atoms with Gasteiger partial charge in [-0.2, -0.15) is 4.98 Å². The van der Waals surface area contributed by atoms with Gasteiger partial charge in [0.1, 0.15) is 5.75 Å². The largest absolute Gasteiger partial charge is 0.497 e. The Morgan fingerprint density at radius 2 is 1.97 bits per heavy atom. The van der Waals surface area contributed by atoms with Gasteiger partial charge in [-0.1, -0.05) is 24.3 Å². The molecule has 0 spiro atoms. The minimum atomic E-state index is -0.162. The number of carbonyl (C=O) groups is 1. The highest BCUT2D eigenvalue weighted by molar-refractivity contribution is 7.12. The zero-order chi connectivity index (χ0) is 24.0. The normalized spacial score (nSPS) is 10.8. The van der Waals surface area contributed by atoms with E-state index in [1.807, 2.05) is 66.0 Å². The van der Waals surface area contributed by atoms with Gasteiger partial charge in [0.2, 0.25) is 5.82 Å². The molecule has 3 aromatic heterocycles. The first-order chi connectivity index (χ1) is 17.2. The zero-order valence-electron chi connectivity index (χ0n) is 18.9. The Labute approximate surface area is 205 Å². The van der Waals surface area contributed by atoms with Crippen LogP contribution >= 0.6 is 11.3 Å². The molecule has 0 saturated carbocycles. The van der Waals surface area contributed by atoms with Crippen molar-refractivity contribution in [3.05, 3.63) is 94.9 Å². The SMILES string of the molecule is COc1ccc(CCOc2nc(-c3ccco3)n(-c3cccc(NC(=O)c4cccs4)c3)n2)cc1. The van der Waals surface area contributed by atoms with Crippen molar-refractivity contribution in [2.45, 2.75) is 6.42 Å². The summed E-state index contributed by atoms with van der Waals surface area (Å²) in [4.78, 5) is 17.7. The van der Waals surface area contributed by atoms with Gasteiger partial charge in [0.05, 0.1) is 30.5 Å². The second-order valence-corrected chi connectivity index (χ2v) is 8.48. The smallest absolute Gasteiger partial charge is 0.336 e. The van der Waals surface area contributed by atoms with Gasteiger partial charge < -0.3 is 19.2 Å². The van der Waals surface area contributed by atoms with Crippen molar-refractivity contribution in [3.63, 3.8) is 0 Å².